The fourth-order valence-electron chi connectivity index (χ4n) is 1.75. The molecule has 0 heterocycles. The Labute approximate surface area is 118 Å². The molecule has 0 saturated heterocycles. The van der Waals surface area contributed by atoms with Crippen molar-refractivity contribution in [2.24, 2.45) is 5.10 Å². The van der Waals surface area contributed by atoms with Crippen LogP contribution in [-0.2, 0) is 4.79 Å². The lowest BCUT2D eigenvalue weighted by molar-refractivity contribution is -0.121. The van der Waals surface area contributed by atoms with Crippen molar-refractivity contribution in [2.45, 2.75) is 39.0 Å². The molecule has 1 amide bonds. The number of amides is 1. The van der Waals surface area contributed by atoms with Crippen LogP contribution in [0, 0.1) is 0 Å². The average Bonchev–Trinajstić information content (AvgIpc) is 2.44. The van der Waals surface area contributed by atoms with E-state index in [1.54, 1.807) is 18.2 Å². The van der Waals surface area contributed by atoms with E-state index < -0.39 is 5.97 Å². The molecule has 0 aliphatic carbocycles. The molecule has 1 aromatic rings. The standard InChI is InChI=1S/C15H20N2O3/c1-2-3-4-5-10-14(18)17-16-11-12-8-6-7-9-13(12)15(19)20/h6-9,11H,2-5,10H2,1H3,(H,17,18)(H,19,20). The molecule has 0 atom stereocenters. The topological polar surface area (TPSA) is 78.8 Å². The molecule has 0 spiro atoms. The highest BCUT2D eigenvalue weighted by molar-refractivity contribution is 5.98. The molecule has 0 aliphatic heterocycles. The molecule has 20 heavy (non-hydrogen) atoms. The van der Waals surface area contributed by atoms with Gasteiger partial charge < -0.3 is 5.11 Å². The molecule has 0 aromatic heterocycles. The van der Waals surface area contributed by atoms with Crippen molar-refractivity contribution in [1.82, 2.24) is 5.43 Å². The summed E-state index contributed by atoms with van der Waals surface area (Å²) in [7, 11) is 0. The lowest BCUT2D eigenvalue weighted by Gasteiger charge is -2.01. The van der Waals surface area contributed by atoms with Crippen LogP contribution in [0.4, 0.5) is 0 Å². The predicted octanol–water partition coefficient (Wildman–Crippen LogP) is 2.81. The van der Waals surface area contributed by atoms with Gasteiger partial charge in [0.05, 0.1) is 11.8 Å². The third kappa shape index (κ3) is 5.65. The van der Waals surface area contributed by atoms with Crippen LogP contribution in [0.3, 0.4) is 0 Å². The van der Waals surface area contributed by atoms with E-state index in [4.69, 9.17) is 5.11 Å². The van der Waals surface area contributed by atoms with Crippen molar-refractivity contribution in [1.29, 1.82) is 0 Å². The Morgan fingerprint density at radius 1 is 1.25 bits per heavy atom. The molecule has 5 heteroatoms. The number of unbranched alkanes of at least 4 members (excludes halogenated alkanes) is 3. The van der Waals surface area contributed by atoms with E-state index in [1.807, 2.05) is 0 Å². The van der Waals surface area contributed by atoms with E-state index in [0.717, 1.165) is 25.7 Å². The molecule has 5 nitrogen and oxygen atoms in total. The number of benzene rings is 1. The summed E-state index contributed by atoms with van der Waals surface area (Å²) in [5, 5.41) is 12.8. The number of carbonyl (C=O) groups is 2. The Morgan fingerprint density at radius 3 is 2.70 bits per heavy atom. The number of nitrogens with zero attached hydrogens (tertiary/aromatic N) is 1. The first-order valence-electron chi connectivity index (χ1n) is 6.79. The van der Waals surface area contributed by atoms with Crippen LogP contribution < -0.4 is 5.43 Å². The van der Waals surface area contributed by atoms with Crippen LogP contribution in [-0.4, -0.2) is 23.2 Å². The van der Waals surface area contributed by atoms with Crippen LogP contribution in [0.2, 0.25) is 0 Å². The second-order valence-corrected chi connectivity index (χ2v) is 4.50. The Morgan fingerprint density at radius 2 is 2.00 bits per heavy atom. The summed E-state index contributed by atoms with van der Waals surface area (Å²) in [6.45, 7) is 2.12. The maximum Gasteiger partial charge on any atom is 0.336 e. The predicted molar refractivity (Wildman–Crippen MR) is 77.9 cm³/mol. The summed E-state index contributed by atoms with van der Waals surface area (Å²) in [6.07, 6.45) is 5.94. The van der Waals surface area contributed by atoms with Gasteiger partial charge in [-0.1, -0.05) is 44.4 Å². The van der Waals surface area contributed by atoms with E-state index in [0.29, 0.717) is 12.0 Å². The van der Waals surface area contributed by atoms with Crippen molar-refractivity contribution in [3.05, 3.63) is 35.4 Å². The van der Waals surface area contributed by atoms with Gasteiger partial charge >= 0.3 is 5.97 Å². The van der Waals surface area contributed by atoms with Crippen molar-refractivity contribution in [3.63, 3.8) is 0 Å². The Hall–Kier alpha value is -2.17. The minimum atomic E-state index is -1.02. The smallest absolute Gasteiger partial charge is 0.336 e. The zero-order chi connectivity index (χ0) is 14.8. The van der Waals surface area contributed by atoms with Crippen LogP contribution in [0.25, 0.3) is 0 Å². The number of rotatable bonds is 8. The monoisotopic (exact) mass is 276 g/mol. The van der Waals surface area contributed by atoms with Gasteiger partial charge in [0, 0.05) is 12.0 Å². The van der Waals surface area contributed by atoms with E-state index in [-0.39, 0.29) is 11.5 Å². The molecular weight excluding hydrogens is 256 g/mol. The van der Waals surface area contributed by atoms with E-state index in [9.17, 15) is 9.59 Å². The van der Waals surface area contributed by atoms with Gasteiger partial charge in [-0.05, 0) is 12.5 Å². The van der Waals surface area contributed by atoms with Gasteiger partial charge in [0.2, 0.25) is 5.91 Å². The number of aromatic carboxylic acids is 1. The maximum atomic E-state index is 11.5. The van der Waals surface area contributed by atoms with E-state index in [2.05, 4.69) is 17.5 Å². The lowest BCUT2D eigenvalue weighted by Crippen LogP contribution is -2.17. The minimum Gasteiger partial charge on any atom is -0.478 e. The van der Waals surface area contributed by atoms with Gasteiger partial charge in [-0.25, -0.2) is 10.2 Å². The minimum absolute atomic E-state index is 0.148. The highest BCUT2D eigenvalue weighted by Crippen LogP contribution is 2.06. The van der Waals surface area contributed by atoms with Gasteiger partial charge in [0.1, 0.15) is 0 Å². The quantitative estimate of drug-likeness (QED) is 0.435. The van der Waals surface area contributed by atoms with Gasteiger partial charge in [0.15, 0.2) is 0 Å². The van der Waals surface area contributed by atoms with Crippen LogP contribution >= 0.6 is 0 Å². The first kappa shape index (κ1) is 15.9. The Balaban J connectivity index is 2.45. The number of carboxylic acid groups (broad SMARTS) is 1. The van der Waals surface area contributed by atoms with Gasteiger partial charge in [-0.3, -0.25) is 4.79 Å². The normalized spacial score (nSPS) is 10.7. The number of hydrazone groups is 1. The summed E-state index contributed by atoms with van der Waals surface area (Å²) < 4.78 is 0. The summed E-state index contributed by atoms with van der Waals surface area (Å²) in [4.78, 5) is 22.4. The van der Waals surface area contributed by atoms with Crippen LogP contribution in [0.5, 0.6) is 0 Å². The molecule has 0 unspecified atom stereocenters. The Kier molecular flexibility index (Phi) is 7.03. The third-order valence-corrected chi connectivity index (χ3v) is 2.84. The van der Waals surface area contributed by atoms with E-state index in [1.165, 1.54) is 12.3 Å². The molecule has 0 saturated carbocycles. The zero-order valence-electron chi connectivity index (χ0n) is 11.6. The van der Waals surface area contributed by atoms with Crippen LogP contribution in [0.1, 0.15) is 54.9 Å². The van der Waals surface area contributed by atoms with Crippen molar-refractivity contribution >= 4 is 18.1 Å². The van der Waals surface area contributed by atoms with Crippen LogP contribution in [0.15, 0.2) is 29.4 Å². The summed E-state index contributed by atoms with van der Waals surface area (Å²) in [5.74, 6) is -1.16. The first-order valence-corrected chi connectivity index (χ1v) is 6.79. The van der Waals surface area contributed by atoms with E-state index >= 15 is 0 Å². The number of carbonyl (C=O) groups excluding carboxylic acids is 1. The SMILES string of the molecule is CCCCCCC(=O)NN=Cc1ccccc1C(=O)O. The highest BCUT2D eigenvalue weighted by Gasteiger charge is 2.06. The molecule has 2 N–H and O–H groups in total. The maximum absolute atomic E-state index is 11.5. The number of hydrogen-bond donors (Lipinski definition) is 2. The average molecular weight is 276 g/mol. The molecule has 0 bridgehead atoms. The van der Waals surface area contributed by atoms with Crippen molar-refractivity contribution in [2.75, 3.05) is 0 Å². The largest absolute Gasteiger partial charge is 0.478 e. The second kappa shape index (κ2) is 8.85. The molecule has 0 fully saturated rings. The van der Waals surface area contributed by atoms with Gasteiger partial charge in [-0.15, -0.1) is 0 Å². The molecule has 1 rings (SSSR count). The number of hydrogen-bond acceptors (Lipinski definition) is 3. The van der Waals surface area contributed by atoms with Crippen molar-refractivity contribution < 1.29 is 14.7 Å². The number of carboxylic acids is 1. The fraction of sp³-hybridized carbons (Fsp3) is 0.400. The van der Waals surface area contributed by atoms with Gasteiger partial charge in [0.25, 0.3) is 0 Å². The highest BCUT2D eigenvalue weighted by atomic mass is 16.4. The summed E-state index contributed by atoms with van der Waals surface area (Å²) >= 11 is 0. The summed E-state index contributed by atoms with van der Waals surface area (Å²) in [6, 6.07) is 6.50. The number of nitrogens with one attached hydrogen (secondary N) is 1. The zero-order valence-corrected chi connectivity index (χ0v) is 11.6. The van der Waals surface area contributed by atoms with Gasteiger partial charge in [-0.2, -0.15) is 5.10 Å². The lowest BCUT2D eigenvalue weighted by atomic mass is 10.1. The van der Waals surface area contributed by atoms with Crippen molar-refractivity contribution in [3.8, 4) is 0 Å². The Bertz CT molecular complexity index is 484. The molecule has 0 radical (unpaired) electrons. The molecule has 1 aromatic carbocycles. The summed E-state index contributed by atoms with van der Waals surface area (Å²) in [5.41, 5.74) is 3.04. The first-order chi connectivity index (χ1) is 9.65. The molecule has 0 aliphatic rings. The third-order valence-electron chi connectivity index (χ3n) is 2.84. The molecule has 108 valence electrons. The second-order valence-electron chi connectivity index (χ2n) is 4.50. The fourth-order valence-corrected chi connectivity index (χ4v) is 1.75. The molecular formula is C15H20N2O3.